The van der Waals surface area contributed by atoms with Crippen LogP contribution >= 0.6 is 0 Å². The summed E-state index contributed by atoms with van der Waals surface area (Å²) in [5, 5.41) is 10.7. The standard InChI is InChI=1S/C25H33N3O3/c1-16(2)14-28(15-22(29)20(26)12-18-8-6-5-7-9-18)25(30)19-10-11-21-23(13-19)31-24(27-21)17(3)4/h5-11,13,16-17,20,22,29H,12,14-15,26H2,1-4H3/t20-,22+/m0/s1. The van der Waals surface area contributed by atoms with Gasteiger partial charge in [0.1, 0.15) is 5.52 Å². The molecule has 3 N–H and O–H groups in total. The zero-order valence-electron chi connectivity index (χ0n) is 18.8. The Kier molecular flexibility index (Phi) is 7.46. The topological polar surface area (TPSA) is 92.6 Å². The molecule has 1 amide bonds. The van der Waals surface area contributed by atoms with Crippen molar-refractivity contribution in [3.05, 3.63) is 65.5 Å². The Labute approximate surface area is 184 Å². The number of nitrogens with two attached hydrogens (primary N) is 1. The summed E-state index contributed by atoms with van der Waals surface area (Å²) in [7, 11) is 0. The Morgan fingerprint density at radius 3 is 2.45 bits per heavy atom. The van der Waals surface area contributed by atoms with Gasteiger partial charge in [0.05, 0.1) is 6.10 Å². The second-order valence-electron chi connectivity index (χ2n) is 8.91. The highest BCUT2D eigenvalue weighted by Gasteiger charge is 2.24. The van der Waals surface area contributed by atoms with Crippen LogP contribution in [0.25, 0.3) is 11.1 Å². The van der Waals surface area contributed by atoms with Crippen LogP contribution in [0, 0.1) is 5.92 Å². The summed E-state index contributed by atoms with van der Waals surface area (Å²) < 4.78 is 5.82. The number of carbonyl (C=O) groups is 1. The number of oxazole rings is 1. The highest BCUT2D eigenvalue weighted by molar-refractivity contribution is 5.97. The van der Waals surface area contributed by atoms with Gasteiger partial charge in [0.15, 0.2) is 11.5 Å². The largest absolute Gasteiger partial charge is 0.440 e. The molecule has 2 atom stereocenters. The van der Waals surface area contributed by atoms with E-state index >= 15 is 0 Å². The number of benzene rings is 2. The molecule has 166 valence electrons. The fourth-order valence-electron chi connectivity index (χ4n) is 3.57. The number of aliphatic hydroxyl groups excluding tert-OH is 1. The molecular formula is C25H33N3O3. The first-order chi connectivity index (χ1) is 14.7. The molecule has 0 radical (unpaired) electrons. The monoisotopic (exact) mass is 423 g/mol. The molecular weight excluding hydrogens is 390 g/mol. The zero-order chi connectivity index (χ0) is 22.5. The second-order valence-corrected chi connectivity index (χ2v) is 8.91. The molecule has 0 aliphatic carbocycles. The number of nitrogens with zero attached hydrogens (tertiary/aromatic N) is 2. The fraction of sp³-hybridized carbons (Fsp3) is 0.440. The van der Waals surface area contributed by atoms with Crippen LogP contribution in [0.4, 0.5) is 0 Å². The van der Waals surface area contributed by atoms with Gasteiger partial charge in [-0.2, -0.15) is 0 Å². The molecule has 0 saturated heterocycles. The zero-order valence-corrected chi connectivity index (χ0v) is 18.8. The lowest BCUT2D eigenvalue weighted by atomic mass is 10.0. The summed E-state index contributed by atoms with van der Waals surface area (Å²) in [6.07, 6.45) is -0.280. The lowest BCUT2D eigenvalue weighted by Gasteiger charge is -2.29. The van der Waals surface area contributed by atoms with Crippen LogP contribution in [-0.4, -0.2) is 46.1 Å². The first-order valence-electron chi connectivity index (χ1n) is 10.9. The van der Waals surface area contributed by atoms with E-state index in [4.69, 9.17) is 10.2 Å². The van der Waals surface area contributed by atoms with Gasteiger partial charge >= 0.3 is 0 Å². The molecule has 0 fully saturated rings. The van der Waals surface area contributed by atoms with E-state index in [1.165, 1.54) is 0 Å². The maximum atomic E-state index is 13.3. The first kappa shape index (κ1) is 23.0. The van der Waals surface area contributed by atoms with E-state index < -0.39 is 12.1 Å². The molecule has 1 aromatic heterocycles. The van der Waals surface area contributed by atoms with E-state index in [0.717, 1.165) is 11.1 Å². The Bertz CT molecular complexity index is 998. The Morgan fingerprint density at radius 1 is 1.10 bits per heavy atom. The molecule has 0 spiro atoms. The molecule has 0 saturated carbocycles. The van der Waals surface area contributed by atoms with Crippen molar-refractivity contribution >= 4 is 17.0 Å². The number of aliphatic hydroxyl groups is 1. The molecule has 0 unspecified atom stereocenters. The maximum Gasteiger partial charge on any atom is 0.254 e. The van der Waals surface area contributed by atoms with Crippen LogP contribution in [-0.2, 0) is 6.42 Å². The summed E-state index contributed by atoms with van der Waals surface area (Å²) in [6.45, 7) is 8.83. The highest BCUT2D eigenvalue weighted by atomic mass is 16.3. The molecule has 3 rings (SSSR count). The average molecular weight is 424 g/mol. The minimum Gasteiger partial charge on any atom is -0.440 e. The van der Waals surface area contributed by atoms with Crippen LogP contribution in [0.1, 0.15) is 55.4 Å². The Morgan fingerprint density at radius 2 is 1.81 bits per heavy atom. The number of rotatable bonds is 9. The SMILES string of the molecule is CC(C)CN(C[C@@H](O)[C@@H](N)Cc1ccccc1)C(=O)c1ccc2nc(C(C)C)oc2c1. The van der Waals surface area contributed by atoms with Crippen LogP contribution in [0.2, 0.25) is 0 Å². The van der Waals surface area contributed by atoms with Crippen molar-refractivity contribution in [2.75, 3.05) is 13.1 Å². The smallest absolute Gasteiger partial charge is 0.254 e. The third-order valence-electron chi connectivity index (χ3n) is 5.23. The first-order valence-corrected chi connectivity index (χ1v) is 10.9. The van der Waals surface area contributed by atoms with Crippen molar-refractivity contribution in [2.45, 2.75) is 52.2 Å². The summed E-state index contributed by atoms with van der Waals surface area (Å²) in [6, 6.07) is 14.7. The number of carbonyl (C=O) groups excluding carboxylic acids is 1. The van der Waals surface area contributed by atoms with Crippen LogP contribution in [0.15, 0.2) is 52.9 Å². The van der Waals surface area contributed by atoms with Crippen LogP contribution in [0.3, 0.4) is 0 Å². The number of amides is 1. The lowest BCUT2D eigenvalue weighted by molar-refractivity contribution is 0.0545. The molecule has 31 heavy (non-hydrogen) atoms. The molecule has 2 aromatic carbocycles. The Balaban J connectivity index is 1.76. The van der Waals surface area contributed by atoms with E-state index in [1.807, 2.05) is 64.1 Å². The predicted molar refractivity (Wildman–Crippen MR) is 123 cm³/mol. The van der Waals surface area contributed by atoms with Crippen molar-refractivity contribution in [2.24, 2.45) is 11.7 Å². The van der Waals surface area contributed by atoms with Gasteiger partial charge in [-0.15, -0.1) is 0 Å². The van der Waals surface area contributed by atoms with Crippen molar-refractivity contribution in [1.82, 2.24) is 9.88 Å². The van der Waals surface area contributed by atoms with Gasteiger partial charge in [-0.3, -0.25) is 4.79 Å². The van der Waals surface area contributed by atoms with Gasteiger partial charge in [-0.1, -0.05) is 58.0 Å². The molecule has 3 aromatic rings. The molecule has 0 aliphatic heterocycles. The normalized spacial score (nSPS) is 13.7. The number of hydrogen-bond donors (Lipinski definition) is 2. The lowest BCUT2D eigenvalue weighted by Crippen LogP contribution is -2.47. The van der Waals surface area contributed by atoms with E-state index in [-0.39, 0.29) is 24.3 Å². The van der Waals surface area contributed by atoms with Gasteiger partial charge in [-0.05, 0) is 36.1 Å². The van der Waals surface area contributed by atoms with Gasteiger partial charge in [0, 0.05) is 30.6 Å². The number of hydrogen-bond acceptors (Lipinski definition) is 5. The molecule has 0 aliphatic rings. The molecule has 6 nitrogen and oxygen atoms in total. The number of aromatic nitrogens is 1. The van der Waals surface area contributed by atoms with Crippen molar-refractivity contribution in [3.63, 3.8) is 0 Å². The van der Waals surface area contributed by atoms with Gasteiger partial charge in [0.25, 0.3) is 5.91 Å². The third-order valence-corrected chi connectivity index (χ3v) is 5.23. The minimum atomic E-state index is -0.829. The van der Waals surface area contributed by atoms with E-state index in [9.17, 15) is 9.90 Å². The minimum absolute atomic E-state index is 0.149. The molecule has 1 heterocycles. The van der Waals surface area contributed by atoms with Crippen LogP contribution in [0.5, 0.6) is 0 Å². The molecule has 0 bridgehead atoms. The van der Waals surface area contributed by atoms with Crippen LogP contribution < -0.4 is 5.73 Å². The van der Waals surface area contributed by atoms with Gasteiger partial charge in [0.2, 0.25) is 0 Å². The van der Waals surface area contributed by atoms with E-state index in [2.05, 4.69) is 4.98 Å². The second kappa shape index (κ2) is 10.1. The van der Waals surface area contributed by atoms with Crippen molar-refractivity contribution < 1.29 is 14.3 Å². The fourth-order valence-corrected chi connectivity index (χ4v) is 3.57. The van der Waals surface area contributed by atoms with Gasteiger partial charge in [-0.25, -0.2) is 4.98 Å². The van der Waals surface area contributed by atoms with E-state index in [0.29, 0.717) is 30.0 Å². The summed E-state index contributed by atoms with van der Waals surface area (Å²) >= 11 is 0. The van der Waals surface area contributed by atoms with Crippen molar-refractivity contribution in [3.8, 4) is 0 Å². The van der Waals surface area contributed by atoms with E-state index in [1.54, 1.807) is 17.0 Å². The Hall–Kier alpha value is -2.70. The summed E-state index contributed by atoms with van der Waals surface area (Å²) in [5.41, 5.74) is 9.18. The van der Waals surface area contributed by atoms with Gasteiger partial charge < -0.3 is 20.2 Å². The predicted octanol–water partition coefficient (Wildman–Crippen LogP) is 3.98. The summed E-state index contributed by atoms with van der Waals surface area (Å²) in [4.78, 5) is 19.4. The maximum absolute atomic E-state index is 13.3. The third kappa shape index (κ3) is 5.93. The number of fused-ring (bicyclic) bond motifs is 1. The quantitative estimate of drug-likeness (QED) is 0.543. The average Bonchev–Trinajstić information content (AvgIpc) is 3.17. The summed E-state index contributed by atoms with van der Waals surface area (Å²) in [5.74, 6) is 0.929. The van der Waals surface area contributed by atoms with Crippen molar-refractivity contribution in [1.29, 1.82) is 0 Å². The molecule has 6 heteroatoms. The highest BCUT2D eigenvalue weighted by Crippen LogP contribution is 2.23.